The summed E-state index contributed by atoms with van der Waals surface area (Å²) in [4.78, 5) is 0. The van der Waals surface area contributed by atoms with E-state index in [2.05, 4.69) is 0 Å². The topological polar surface area (TPSA) is 64.7 Å². The zero-order valence-electron chi connectivity index (χ0n) is 11.1. The molecular weight excluding hydrogens is 254 g/mol. The van der Waals surface area contributed by atoms with Gasteiger partial charge in [0.1, 0.15) is 11.5 Å². The first-order chi connectivity index (χ1) is 8.15. The van der Waals surface area contributed by atoms with E-state index in [9.17, 15) is 5.11 Å². The summed E-state index contributed by atoms with van der Waals surface area (Å²) in [7, 11) is 3.16. The van der Waals surface area contributed by atoms with Crippen molar-refractivity contribution in [2.24, 2.45) is 5.73 Å². The number of hydrogen-bond acceptors (Lipinski definition) is 4. The van der Waals surface area contributed by atoms with Crippen LogP contribution in [-0.4, -0.2) is 25.4 Å². The highest BCUT2D eigenvalue weighted by Gasteiger charge is 2.23. The molecule has 0 unspecified atom stereocenters. The summed E-state index contributed by atoms with van der Waals surface area (Å²) in [6, 6.07) is 4.97. The van der Waals surface area contributed by atoms with Crippen LogP contribution in [0.5, 0.6) is 11.5 Å². The van der Waals surface area contributed by atoms with Gasteiger partial charge < -0.3 is 20.3 Å². The molecule has 0 aliphatic carbocycles. The number of halogens is 1. The van der Waals surface area contributed by atoms with Crippen LogP contribution in [0.4, 0.5) is 0 Å². The fourth-order valence-electron chi connectivity index (χ4n) is 1.88. The predicted molar refractivity (Wildman–Crippen MR) is 74.6 cm³/mol. The van der Waals surface area contributed by atoms with Gasteiger partial charge in [-0.05, 0) is 18.6 Å². The third kappa shape index (κ3) is 3.77. The van der Waals surface area contributed by atoms with E-state index in [0.717, 1.165) is 12.0 Å². The Balaban J connectivity index is 0.00000289. The molecule has 0 aliphatic rings. The maximum absolute atomic E-state index is 9.97. The van der Waals surface area contributed by atoms with Crippen molar-refractivity contribution >= 4 is 12.4 Å². The van der Waals surface area contributed by atoms with Gasteiger partial charge in [-0.15, -0.1) is 12.4 Å². The number of rotatable bonds is 6. The third-order valence-electron chi connectivity index (χ3n) is 2.80. The second-order valence-electron chi connectivity index (χ2n) is 3.96. The minimum Gasteiger partial charge on any atom is -0.496 e. The van der Waals surface area contributed by atoms with E-state index >= 15 is 0 Å². The quantitative estimate of drug-likeness (QED) is 0.836. The summed E-state index contributed by atoms with van der Waals surface area (Å²) >= 11 is 0. The van der Waals surface area contributed by atoms with Crippen LogP contribution >= 0.6 is 12.4 Å². The maximum atomic E-state index is 9.97. The van der Waals surface area contributed by atoms with Crippen LogP contribution in [0.25, 0.3) is 0 Å². The highest BCUT2D eigenvalue weighted by molar-refractivity contribution is 5.85. The second-order valence-corrected chi connectivity index (χ2v) is 3.96. The molecule has 0 fully saturated rings. The molecule has 0 bridgehead atoms. The van der Waals surface area contributed by atoms with E-state index < -0.39 is 12.1 Å². The molecule has 0 heterocycles. The largest absolute Gasteiger partial charge is 0.496 e. The van der Waals surface area contributed by atoms with Gasteiger partial charge in [-0.1, -0.05) is 19.4 Å². The van der Waals surface area contributed by atoms with E-state index in [1.165, 1.54) is 0 Å². The molecule has 0 saturated heterocycles. The molecule has 0 aliphatic heterocycles. The molecule has 104 valence electrons. The molecule has 5 heteroatoms. The van der Waals surface area contributed by atoms with Crippen LogP contribution in [0.1, 0.15) is 31.4 Å². The van der Waals surface area contributed by atoms with Gasteiger partial charge in [-0.3, -0.25) is 0 Å². The van der Waals surface area contributed by atoms with Crippen LogP contribution in [0.15, 0.2) is 18.2 Å². The Labute approximate surface area is 115 Å². The van der Waals surface area contributed by atoms with Crippen molar-refractivity contribution in [1.82, 2.24) is 0 Å². The van der Waals surface area contributed by atoms with E-state index in [1.54, 1.807) is 14.2 Å². The Hall–Kier alpha value is -0.970. The third-order valence-corrected chi connectivity index (χ3v) is 2.80. The van der Waals surface area contributed by atoms with E-state index in [-0.39, 0.29) is 12.4 Å². The zero-order chi connectivity index (χ0) is 12.8. The Morgan fingerprint density at radius 2 is 1.72 bits per heavy atom. The molecule has 1 aromatic rings. The molecule has 1 aromatic carbocycles. The summed E-state index contributed by atoms with van der Waals surface area (Å²) in [6.07, 6.45) is 0.944. The van der Waals surface area contributed by atoms with Crippen LogP contribution in [-0.2, 0) is 0 Å². The minimum atomic E-state index is -0.592. The van der Waals surface area contributed by atoms with Crippen molar-refractivity contribution in [1.29, 1.82) is 0 Å². The molecule has 4 nitrogen and oxygen atoms in total. The van der Waals surface area contributed by atoms with Gasteiger partial charge in [-0.25, -0.2) is 0 Å². The van der Waals surface area contributed by atoms with E-state index in [0.29, 0.717) is 17.9 Å². The Morgan fingerprint density at radius 3 is 2.11 bits per heavy atom. The lowest BCUT2D eigenvalue weighted by Gasteiger charge is -2.22. The number of aliphatic hydroxyl groups is 1. The Bertz CT molecular complexity index is 338. The molecule has 0 amide bonds. The highest BCUT2D eigenvalue weighted by atomic mass is 35.5. The molecule has 0 saturated carbocycles. The number of nitrogens with two attached hydrogens (primary N) is 1. The lowest BCUT2D eigenvalue weighted by molar-refractivity contribution is 0.131. The maximum Gasteiger partial charge on any atom is 0.127 e. The van der Waals surface area contributed by atoms with Gasteiger partial charge in [0.05, 0.1) is 31.9 Å². The Morgan fingerprint density at radius 1 is 1.22 bits per heavy atom. The van der Waals surface area contributed by atoms with Gasteiger partial charge in [0.15, 0.2) is 0 Å². The van der Waals surface area contributed by atoms with Crippen LogP contribution < -0.4 is 15.2 Å². The zero-order valence-corrected chi connectivity index (χ0v) is 11.9. The van der Waals surface area contributed by atoms with Crippen molar-refractivity contribution in [3.05, 3.63) is 23.8 Å². The summed E-state index contributed by atoms with van der Waals surface area (Å²) in [5.74, 6) is 1.29. The average Bonchev–Trinajstić information content (AvgIpc) is 2.37. The van der Waals surface area contributed by atoms with Crippen LogP contribution in [0.3, 0.4) is 0 Å². The second kappa shape index (κ2) is 8.19. The van der Waals surface area contributed by atoms with Gasteiger partial charge in [-0.2, -0.15) is 0 Å². The van der Waals surface area contributed by atoms with Crippen molar-refractivity contribution < 1.29 is 14.6 Å². The van der Waals surface area contributed by atoms with Crippen LogP contribution in [0, 0.1) is 0 Å². The number of benzene rings is 1. The van der Waals surface area contributed by atoms with Gasteiger partial charge in [0.25, 0.3) is 0 Å². The summed E-state index contributed by atoms with van der Waals surface area (Å²) < 4.78 is 10.5. The highest BCUT2D eigenvalue weighted by Crippen LogP contribution is 2.34. The lowest BCUT2D eigenvalue weighted by Crippen LogP contribution is -2.27. The molecule has 3 N–H and O–H groups in total. The summed E-state index contributed by atoms with van der Waals surface area (Å²) in [5, 5.41) is 9.97. The van der Waals surface area contributed by atoms with Crippen molar-refractivity contribution in [3.8, 4) is 11.5 Å². The standard InChI is InChI=1S/C13H21NO3.ClH/c1-4-6-9(15)13(14)12-10(16-2)7-5-8-11(12)17-3;/h5,7-9,13,15H,4,6,14H2,1-3H3;1H/t9-,13-;/m0./s1. The fourth-order valence-corrected chi connectivity index (χ4v) is 1.88. The molecule has 0 aromatic heterocycles. The predicted octanol–water partition coefficient (Wildman–Crippen LogP) is 2.29. The number of aliphatic hydroxyl groups excluding tert-OH is 1. The van der Waals surface area contributed by atoms with Gasteiger partial charge in [0.2, 0.25) is 0 Å². The summed E-state index contributed by atoms with van der Waals surface area (Å²) in [5.41, 5.74) is 6.79. The van der Waals surface area contributed by atoms with Crippen molar-refractivity contribution in [3.63, 3.8) is 0 Å². The average molecular weight is 276 g/mol. The first kappa shape index (κ1) is 17.0. The van der Waals surface area contributed by atoms with E-state index in [4.69, 9.17) is 15.2 Å². The molecule has 0 spiro atoms. The smallest absolute Gasteiger partial charge is 0.127 e. The molecule has 1 rings (SSSR count). The SMILES string of the molecule is CCC[C@H](O)[C@H](N)c1c(OC)cccc1OC.Cl. The van der Waals surface area contributed by atoms with E-state index in [1.807, 2.05) is 25.1 Å². The minimum absolute atomic E-state index is 0. The fraction of sp³-hybridized carbons (Fsp3) is 0.538. The van der Waals surface area contributed by atoms with Crippen molar-refractivity contribution in [2.75, 3.05) is 14.2 Å². The number of ether oxygens (including phenoxy) is 2. The monoisotopic (exact) mass is 275 g/mol. The molecular formula is C13H22ClNO3. The first-order valence-corrected chi connectivity index (χ1v) is 5.80. The normalized spacial score (nSPS) is 13.4. The van der Waals surface area contributed by atoms with Crippen molar-refractivity contribution in [2.45, 2.75) is 31.9 Å². The molecule has 18 heavy (non-hydrogen) atoms. The number of hydrogen-bond donors (Lipinski definition) is 2. The Kier molecular flexibility index (Phi) is 7.75. The molecule has 0 radical (unpaired) electrons. The lowest BCUT2D eigenvalue weighted by atomic mass is 9.97. The first-order valence-electron chi connectivity index (χ1n) is 5.80. The summed E-state index contributed by atoms with van der Waals surface area (Å²) in [6.45, 7) is 2.01. The number of methoxy groups -OCH3 is 2. The van der Waals surface area contributed by atoms with Gasteiger partial charge in [0, 0.05) is 0 Å². The molecule has 2 atom stereocenters. The van der Waals surface area contributed by atoms with Crippen LogP contribution in [0.2, 0.25) is 0 Å². The van der Waals surface area contributed by atoms with Gasteiger partial charge >= 0.3 is 0 Å².